The summed E-state index contributed by atoms with van der Waals surface area (Å²) in [5, 5.41) is 12.6. The molecule has 0 saturated carbocycles. The van der Waals surface area contributed by atoms with Crippen molar-refractivity contribution in [1.29, 1.82) is 0 Å². The number of aromatic hydroxyl groups is 1. The van der Waals surface area contributed by atoms with Crippen LogP contribution in [0.25, 0.3) is 11.0 Å². The van der Waals surface area contributed by atoms with Crippen molar-refractivity contribution in [3.63, 3.8) is 0 Å². The number of ether oxygens (including phenoxy) is 1. The third-order valence-electron chi connectivity index (χ3n) is 3.83. The molecule has 124 valence electrons. The van der Waals surface area contributed by atoms with E-state index in [-0.39, 0.29) is 16.5 Å². The van der Waals surface area contributed by atoms with Crippen LogP contribution in [0.15, 0.2) is 30.3 Å². The number of nitrogens with zero attached hydrogens (tertiary/aromatic N) is 2. The molecule has 0 atom stereocenters. The van der Waals surface area contributed by atoms with Gasteiger partial charge in [-0.1, -0.05) is 23.7 Å². The van der Waals surface area contributed by atoms with Gasteiger partial charge in [0.25, 0.3) is 0 Å². The lowest BCUT2D eigenvalue weighted by Gasteiger charge is -2.12. The number of carbonyl (C=O) groups excluding carboxylic acids is 1. The Balaban J connectivity index is 1.84. The Hall–Kier alpha value is -2.73. The first-order chi connectivity index (χ1) is 11.4. The summed E-state index contributed by atoms with van der Waals surface area (Å²) in [6.45, 7) is 3.36. The normalized spacial score (nSPS) is 10.8. The molecule has 0 fully saturated rings. The van der Waals surface area contributed by atoms with Crippen LogP contribution in [0.2, 0.25) is 5.02 Å². The highest BCUT2D eigenvalue weighted by Gasteiger charge is 2.17. The Labute approximate surface area is 143 Å². The zero-order valence-corrected chi connectivity index (χ0v) is 14.2. The second-order valence-electron chi connectivity index (χ2n) is 5.48. The van der Waals surface area contributed by atoms with E-state index in [9.17, 15) is 9.90 Å². The Morgan fingerprint density at radius 1 is 1.33 bits per heavy atom. The number of hydrogen-bond donors (Lipinski definition) is 2. The lowest BCUT2D eigenvalue weighted by atomic mass is 10.1. The fourth-order valence-electron chi connectivity index (χ4n) is 2.46. The average molecular weight is 346 g/mol. The van der Waals surface area contributed by atoms with Crippen LogP contribution in [0.4, 0.5) is 10.7 Å². The highest BCUT2D eigenvalue weighted by molar-refractivity contribution is 6.33. The molecule has 0 aliphatic rings. The second kappa shape index (κ2) is 6.05. The van der Waals surface area contributed by atoms with Crippen molar-refractivity contribution in [3.05, 3.63) is 46.5 Å². The van der Waals surface area contributed by atoms with Crippen LogP contribution in [0.5, 0.6) is 11.5 Å². The molecule has 0 aliphatic heterocycles. The number of para-hydroxylation sites is 2. The molecular weight excluding hydrogens is 330 g/mol. The van der Waals surface area contributed by atoms with Crippen LogP contribution >= 0.6 is 11.6 Å². The number of rotatable bonds is 2. The van der Waals surface area contributed by atoms with E-state index in [1.54, 1.807) is 25.5 Å². The molecule has 1 amide bonds. The molecule has 0 unspecified atom stereocenters. The third kappa shape index (κ3) is 2.76. The molecule has 0 radical (unpaired) electrons. The van der Waals surface area contributed by atoms with E-state index in [1.165, 1.54) is 6.07 Å². The summed E-state index contributed by atoms with van der Waals surface area (Å²) in [7, 11) is 1.80. The van der Waals surface area contributed by atoms with Crippen LogP contribution in [0.1, 0.15) is 11.1 Å². The zero-order chi connectivity index (χ0) is 17.4. The Bertz CT molecular complexity index is 950. The smallest absolute Gasteiger partial charge is 0.419 e. The van der Waals surface area contributed by atoms with Crippen LogP contribution in [-0.4, -0.2) is 20.8 Å². The first-order valence-electron chi connectivity index (χ1n) is 7.27. The van der Waals surface area contributed by atoms with Crippen molar-refractivity contribution in [1.82, 2.24) is 9.55 Å². The van der Waals surface area contributed by atoms with Crippen molar-refractivity contribution < 1.29 is 14.6 Å². The van der Waals surface area contributed by atoms with Crippen molar-refractivity contribution >= 4 is 34.7 Å². The lowest BCUT2D eigenvalue weighted by Crippen LogP contribution is -2.19. The highest BCUT2D eigenvalue weighted by Crippen LogP contribution is 2.36. The van der Waals surface area contributed by atoms with Gasteiger partial charge in [0.1, 0.15) is 5.75 Å². The Morgan fingerprint density at radius 3 is 2.75 bits per heavy atom. The number of hydrogen-bond acceptors (Lipinski definition) is 4. The van der Waals surface area contributed by atoms with Crippen LogP contribution in [0, 0.1) is 13.8 Å². The summed E-state index contributed by atoms with van der Waals surface area (Å²) >= 11 is 6.13. The van der Waals surface area contributed by atoms with Crippen molar-refractivity contribution in [2.45, 2.75) is 13.8 Å². The molecule has 3 rings (SSSR count). The molecule has 1 aromatic heterocycles. The average Bonchev–Trinajstić information content (AvgIpc) is 2.87. The molecule has 2 aromatic carbocycles. The number of phenols is 1. The fourth-order valence-corrected chi connectivity index (χ4v) is 2.64. The zero-order valence-electron chi connectivity index (χ0n) is 13.4. The predicted molar refractivity (Wildman–Crippen MR) is 93.0 cm³/mol. The molecule has 6 nitrogen and oxygen atoms in total. The second-order valence-corrected chi connectivity index (χ2v) is 5.85. The first-order valence-corrected chi connectivity index (χ1v) is 7.65. The molecule has 7 heteroatoms. The maximum Gasteiger partial charge on any atom is 0.419 e. The number of halogens is 1. The monoisotopic (exact) mass is 345 g/mol. The van der Waals surface area contributed by atoms with E-state index in [4.69, 9.17) is 16.3 Å². The van der Waals surface area contributed by atoms with Gasteiger partial charge in [-0.25, -0.2) is 9.78 Å². The van der Waals surface area contributed by atoms with Gasteiger partial charge in [-0.2, -0.15) is 0 Å². The Morgan fingerprint density at radius 2 is 2.04 bits per heavy atom. The number of benzene rings is 2. The van der Waals surface area contributed by atoms with Gasteiger partial charge < -0.3 is 14.4 Å². The number of amides is 1. The molecular formula is C17H16ClN3O3. The highest BCUT2D eigenvalue weighted by atomic mass is 35.5. The van der Waals surface area contributed by atoms with Gasteiger partial charge >= 0.3 is 6.09 Å². The van der Waals surface area contributed by atoms with E-state index in [0.29, 0.717) is 17.1 Å². The van der Waals surface area contributed by atoms with Crippen molar-refractivity contribution in [2.75, 3.05) is 5.32 Å². The maximum atomic E-state index is 12.2. The number of phenolic OH excluding ortho intramolecular Hbond substituents is 1. The fraction of sp³-hybridized carbons (Fsp3) is 0.176. The van der Waals surface area contributed by atoms with Crippen LogP contribution < -0.4 is 10.1 Å². The van der Waals surface area contributed by atoms with Crippen LogP contribution in [0.3, 0.4) is 0 Å². The minimum absolute atomic E-state index is 0.0862. The van der Waals surface area contributed by atoms with Gasteiger partial charge in [-0.05, 0) is 37.6 Å². The van der Waals surface area contributed by atoms with Gasteiger partial charge in [0.05, 0.1) is 16.1 Å². The molecule has 0 bridgehead atoms. The molecule has 24 heavy (non-hydrogen) atoms. The van der Waals surface area contributed by atoms with E-state index < -0.39 is 6.09 Å². The van der Waals surface area contributed by atoms with E-state index >= 15 is 0 Å². The number of aromatic nitrogens is 2. The molecule has 0 aliphatic carbocycles. The van der Waals surface area contributed by atoms with Gasteiger partial charge in [-0.15, -0.1) is 0 Å². The van der Waals surface area contributed by atoms with E-state index in [2.05, 4.69) is 10.3 Å². The molecule has 2 N–H and O–H groups in total. The number of nitrogens with one attached hydrogen (secondary N) is 1. The third-order valence-corrected chi connectivity index (χ3v) is 4.30. The number of imidazole rings is 1. The standard InChI is InChI=1S/C17H16ClN3O3/c1-9-8-13(14(18)10(2)15(9)22)24-17(23)20-16-19-11-6-4-5-7-12(11)21(16)3/h4-8,22H,1-3H3,(H,19,20,23). The minimum Gasteiger partial charge on any atom is -0.507 e. The van der Waals surface area contributed by atoms with Crippen molar-refractivity contribution in [3.8, 4) is 11.5 Å². The van der Waals surface area contributed by atoms with E-state index in [0.717, 1.165) is 11.0 Å². The summed E-state index contributed by atoms with van der Waals surface area (Å²) in [5.74, 6) is 0.633. The quantitative estimate of drug-likeness (QED) is 0.731. The van der Waals surface area contributed by atoms with Crippen LogP contribution in [-0.2, 0) is 7.05 Å². The summed E-state index contributed by atoms with van der Waals surface area (Å²) in [4.78, 5) is 16.5. The predicted octanol–water partition coefficient (Wildman–Crippen LogP) is 4.16. The summed E-state index contributed by atoms with van der Waals surface area (Å²) in [5.41, 5.74) is 2.69. The molecule has 0 spiro atoms. The lowest BCUT2D eigenvalue weighted by molar-refractivity contribution is 0.215. The topological polar surface area (TPSA) is 76.4 Å². The molecule has 3 aromatic rings. The van der Waals surface area contributed by atoms with Gasteiger partial charge in [0.2, 0.25) is 5.95 Å². The van der Waals surface area contributed by atoms with Gasteiger partial charge in [-0.3, -0.25) is 5.32 Å². The molecule has 0 saturated heterocycles. The Kier molecular flexibility index (Phi) is 4.07. The summed E-state index contributed by atoms with van der Waals surface area (Å²) in [6, 6.07) is 9.05. The molecule has 1 heterocycles. The number of carbonyl (C=O) groups is 1. The summed E-state index contributed by atoms with van der Waals surface area (Å²) < 4.78 is 7.03. The maximum absolute atomic E-state index is 12.2. The number of fused-ring (bicyclic) bond motifs is 1. The number of anilines is 1. The minimum atomic E-state index is -0.709. The largest absolute Gasteiger partial charge is 0.507 e. The summed E-state index contributed by atoms with van der Waals surface area (Å²) in [6.07, 6.45) is -0.709. The SMILES string of the molecule is Cc1cc(OC(=O)Nc2nc3ccccc3n2C)c(Cl)c(C)c1O. The number of aryl methyl sites for hydroxylation is 2. The van der Waals surface area contributed by atoms with E-state index in [1.807, 2.05) is 24.3 Å². The van der Waals surface area contributed by atoms with Gasteiger partial charge in [0.15, 0.2) is 5.75 Å². The van der Waals surface area contributed by atoms with Gasteiger partial charge in [0, 0.05) is 12.6 Å². The van der Waals surface area contributed by atoms with Crippen molar-refractivity contribution in [2.24, 2.45) is 7.05 Å². The first kappa shape index (κ1) is 16.1.